The van der Waals surface area contributed by atoms with Crippen LogP contribution in [0.25, 0.3) is 11.0 Å². The van der Waals surface area contributed by atoms with E-state index in [2.05, 4.69) is 6.26 Å². The number of fused-ring (bicyclic) bond motifs is 1. The number of hydrogen-bond donors (Lipinski definition) is 0. The normalized spacial score (nSPS) is 9.20. The van der Waals surface area contributed by atoms with E-state index in [1.807, 2.05) is 30.3 Å². The minimum atomic E-state index is 0. The van der Waals surface area contributed by atoms with E-state index in [0.717, 1.165) is 11.0 Å². The number of para-hydroxylation sites is 1. The molecule has 0 bridgehead atoms. The third kappa shape index (κ3) is 1.08. The Morgan fingerprint density at radius 3 is 2.80 bits per heavy atom. The minimum Gasteiger partial charge on any atom is -0.591 e. The maximum absolute atomic E-state index is 4.99. The molecule has 0 fully saturated rings. The molecule has 2 rings (SSSR count). The molecular weight excluding hydrogens is 167 g/mol. The van der Waals surface area contributed by atoms with Crippen LogP contribution in [0.15, 0.2) is 34.7 Å². The van der Waals surface area contributed by atoms with Crippen molar-refractivity contribution in [3.8, 4) is 0 Å². The van der Waals surface area contributed by atoms with E-state index in [1.165, 1.54) is 0 Å². The molecule has 0 unspecified atom stereocenters. The summed E-state index contributed by atoms with van der Waals surface area (Å²) in [6.45, 7) is 0. The topological polar surface area (TPSA) is 13.1 Å². The van der Waals surface area contributed by atoms with Gasteiger partial charge in [0, 0.05) is 17.1 Å². The van der Waals surface area contributed by atoms with Crippen LogP contribution in [0.1, 0.15) is 0 Å². The molecule has 0 aliphatic carbocycles. The van der Waals surface area contributed by atoms with Gasteiger partial charge in [-0.2, -0.15) is 0 Å². The molecule has 10 heavy (non-hydrogen) atoms. The molecule has 1 heterocycles. The molecule has 2 heteroatoms. The molecule has 1 radical (unpaired) electrons. The van der Waals surface area contributed by atoms with Crippen molar-refractivity contribution in [2.45, 2.75) is 0 Å². The van der Waals surface area contributed by atoms with Crippen molar-refractivity contribution in [1.29, 1.82) is 0 Å². The molecular formula is C8H5MnO-. The van der Waals surface area contributed by atoms with E-state index in [4.69, 9.17) is 4.42 Å². The van der Waals surface area contributed by atoms with Crippen molar-refractivity contribution >= 4 is 11.0 Å². The Balaban J connectivity index is 0.000000500. The first kappa shape index (κ1) is 7.39. The zero-order valence-corrected chi connectivity index (χ0v) is 6.35. The summed E-state index contributed by atoms with van der Waals surface area (Å²) in [6.07, 6.45) is 2.66. The Hall–Kier alpha value is -0.721. The predicted octanol–water partition coefficient (Wildman–Crippen LogP) is 2.23. The zero-order valence-electron chi connectivity index (χ0n) is 5.17. The summed E-state index contributed by atoms with van der Waals surface area (Å²) in [5, 5.41) is 1.11. The molecule has 0 saturated heterocycles. The molecule has 1 aromatic heterocycles. The van der Waals surface area contributed by atoms with Gasteiger partial charge in [-0.3, -0.25) is 0 Å². The third-order valence-electron chi connectivity index (χ3n) is 1.30. The van der Waals surface area contributed by atoms with Gasteiger partial charge in [-0.1, -0.05) is 18.2 Å². The summed E-state index contributed by atoms with van der Waals surface area (Å²) in [4.78, 5) is 0. The van der Waals surface area contributed by atoms with E-state index in [9.17, 15) is 0 Å². The van der Waals surface area contributed by atoms with Crippen LogP contribution in [-0.2, 0) is 17.1 Å². The average molecular weight is 172 g/mol. The Morgan fingerprint density at radius 1 is 1.20 bits per heavy atom. The third-order valence-corrected chi connectivity index (χ3v) is 1.30. The van der Waals surface area contributed by atoms with Gasteiger partial charge in [-0.05, 0) is 11.8 Å². The first-order valence-corrected chi connectivity index (χ1v) is 2.81. The summed E-state index contributed by atoms with van der Waals surface area (Å²) in [5.74, 6) is 0. The van der Waals surface area contributed by atoms with Crippen molar-refractivity contribution in [1.82, 2.24) is 0 Å². The Bertz CT molecular complexity index is 283. The number of furan rings is 1. The Kier molecular flexibility index (Phi) is 2.15. The molecule has 1 aromatic carbocycles. The first-order valence-electron chi connectivity index (χ1n) is 2.81. The van der Waals surface area contributed by atoms with Crippen LogP contribution >= 0.6 is 0 Å². The molecule has 2 aromatic rings. The Labute approximate surface area is 69.5 Å². The number of rotatable bonds is 0. The van der Waals surface area contributed by atoms with Crippen LogP contribution in [0.4, 0.5) is 0 Å². The van der Waals surface area contributed by atoms with E-state index < -0.39 is 0 Å². The maximum atomic E-state index is 4.99. The van der Waals surface area contributed by atoms with Crippen LogP contribution in [0.3, 0.4) is 0 Å². The van der Waals surface area contributed by atoms with Crippen LogP contribution in [-0.4, -0.2) is 0 Å². The van der Waals surface area contributed by atoms with Gasteiger partial charge in [-0.25, -0.2) is 0 Å². The summed E-state index contributed by atoms with van der Waals surface area (Å²) in [7, 11) is 0. The van der Waals surface area contributed by atoms with Crippen molar-refractivity contribution in [3.63, 3.8) is 0 Å². The molecule has 0 N–H and O–H groups in total. The largest absolute Gasteiger partial charge is 0.591 e. The van der Waals surface area contributed by atoms with Gasteiger partial charge in [0.2, 0.25) is 0 Å². The molecule has 0 spiro atoms. The standard InChI is InChI=1S/C8H5O.Mn/c1-2-4-8-7(3-1)5-6-9-8;/h1-5H;/q-1;. The van der Waals surface area contributed by atoms with Crippen molar-refractivity contribution in [2.75, 3.05) is 0 Å². The van der Waals surface area contributed by atoms with Crippen LogP contribution < -0.4 is 0 Å². The quantitative estimate of drug-likeness (QED) is 0.438. The maximum Gasteiger partial charge on any atom is 0 e. The van der Waals surface area contributed by atoms with Gasteiger partial charge in [0.05, 0.1) is 0 Å². The van der Waals surface area contributed by atoms with Gasteiger partial charge in [0.1, 0.15) is 0 Å². The number of hydrogen-bond acceptors (Lipinski definition) is 1. The van der Waals surface area contributed by atoms with E-state index in [1.54, 1.807) is 0 Å². The monoisotopic (exact) mass is 172 g/mol. The fourth-order valence-corrected chi connectivity index (χ4v) is 0.849. The molecule has 0 saturated carbocycles. The van der Waals surface area contributed by atoms with Gasteiger partial charge < -0.3 is 4.42 Å². The molecule has 0 aliphatic rings. The second kappa shape index (κ2) is 2.91. The number of benzene rings is 1. The summed E-state index contributed by atoms with van der Waals surface area (Å²) >= 11 is 0. The summed E-state index contributed by atoms with van der Waals surface area (Å²) in [5.41, 5.74) is 0.900. The second-order valence-corrected chi connectivity index (χ2v) is 1.90. The second-order valence-electron chi connectivity index (χ2n) is 1.90. The fourth-order valence-electron chi connectivity index (χ4n) is 0.849. The van der Waals surface area contributed by atoms with Crippen molar-refractivity contribution in [2.24, 2.45) is 0 Å². The minimum absolute atomic E-state index is 0. The average Bonchev–Trinajstić information content (AvgIpc) is 2.33. The van der Waals surface area contributed by atoms with E-state index in [-0.39, 0.29) is 17.1 Å². The zero-order chi connectivity index (χ0) is 6.10. The van der Waals surface area contributed by atoms with E-state index >= 15 is 0 Å². The Morgan fingerprint density at radius 2 is 2.00 bits per heavy atom. The van der Waals surface area contributed by atoms with Crippen molar-refractivity contribution < 1.29 is 21.5 Å². The predicted molar refractivity (Wildman–Crippen MR) is 35.1 cm³/mol. The van der Waals surface area contributed by atoms with Gasteiger partial charge >= 0.3 is 0 Å². The summed E-state index contributed by atoms with van der Waals surface area (Å²) < 4.78 is 4.99. The van der Waals surface area contributed by atoms with E-state index in [0.29, 0.717) is 0 Å². The molecule has 51 valence electrons. The summed E-state index contributed by atoms with van der Waals surface area (Å²) in [6, 6.07) is 9.67. The van der Waals surface area contributed by atoms with Crippen LogP contribution in [0, 0.1) is 6.26 Å². The fraction of sp³-hybridized carbons (Fsp3) is 0. The van der Waals surface area contributed by atoms with Crippen molar-refractivity contribution in [3.05, 3.63) is 36.6 Å². The first-order chi connectivity index (χ1) is 4.47. The van der Waals surface area contributed by atoms with Gasteiger partial charge in [0.25, 0.3) is 0 Å². The van der Waals surface area contributed by atoms with Gasteiger partial charge in [-0.15, -0.1) is 17.5 Å². The SMILES string of the molecule is [Mn].[c-]1cc2ccccc2o1. The van der Waals surface area contributed by atoms with Gasteiger partial charge in [0.15, 0.2) is 0 Å². The molecule has 0 aliphatic heterocycles. The smallest absolute Gasteiger partial charge is 0 e. The van der Waals surface area contributed by atoms with Crippen LogP contribution in [0.5, 0.6) is 0 Å². The molecule has 1 nitrogen and oxygen atoms in total. The van der Waals surface area contributed by atoms with Crippen LogP contribution in [0.2, 0.25) is 0 Å². The molecule has 0 amide bonds. The molecule has 0 atom stereocenters.